The Morgan fingerprint density at radius 2 is 2.11 bits per heavy atom. The molecule has 0 N–H and O–H groups in total. The van der Waals surface area contributed by atoms with Crippen molar-refractivity contribution in [3.05, 3.63) is 41.6 Å². The smallest absolute Gasteiger partial charge is 0.276 e. The van der Waals surface area contributed by atoms with E-state index in [2.05, 4.69) is 10.1 Å². The van der Waals surface area contributed by atoms with E-state index >= 15 is 0 Å². The van der Waals surface area contributed by atoms with E-state index in [-0.39, 0.29) is 23.5 Å². The highest BCUT2D eigenvalue weighted by Crippen LogP contribution is 2.23. The van der Waals surface area contributed by atoms with Gasteiger partial charge in [-0.05, 0) is 51.7 Å². The summed E-state index contributed by atoms with van der Waals surface area (Å²) < 4.78 is 37.3. The number of nitrogens with zero attached hydrogens (tertiary/aromatic N) is 3. The number of rotatable bonds is 6. The molecule has 8 heteroatoms. The molecule has 1 aliphatic heterocycles. The number of aromatic nitrogens is 1. The molecule has 3 rings (SSSR count). The van der Waals surface area contributed by atoms with Crippen LogP contribution in [0.15, 0.2) is 28.8 Å². The summed E-state index contributed by atoms with van der Waals surface area (Å²) in [6.07, 6.45) is 1.87. The minimum Gasteiger partial charge on any atom is -0.375 e. The second kappa shape index (κ2) is 8.58. The second-order valence-corrected chi connectivity index (χ2v) is 6.89. The lowest BCUT2D eigenvalue weighted by Crippen LogP contribution is -2.45. The predicted molar refractivity (Wildman–Crippen MR) is 95.3 cm³/mol. The molecule has 1 aliphatic rings. The van der Waals surface area contributed by atoms with Crippen LogP contribution in [0.5, 0.6) is 0 Å². The molecule has 0 aliphatic carbocycles. The maximum absolute atomic E-state index is 13.4. The summed E-state index contributed by atoms with van der Waals surface area (Å²) >= 11 is 0. The number of hydrogen-bond acceptors (Lipinski definition) is 5. The summed E-state index contributed by atoms with van der Waals surface area (Å²) in [6, 6.07) is 4.85. The van der Waals surface area contributed by atoms with Crippen molar-refractivity contribution in [2.75, 3.05) is 40.3 Å². The van der Waals surface area contributed by atoms with Gasteiger partial charge in [0.15, 0.2) is 23.1 Å². The maximum Gasteiger partial charge on any atom is 0.276 e. The first-order valence-corrected chi connectivity index (χ1v) is 8.92. The number of halogens is 2. The Hall–Kier alpha value is -2.32. The third-order valence-corrected chi connectivity index (χ3v) is 4.49. The average molecular weight is 379 g/mol. The van der Waals surface area contributed by atoms with Gasteiger partial charge in [-0.3, -0.25) is 4.79 Å². The van der Waals surface area contributed by atoms with Gasteiger partial charge in [0.1, 0.15) is 0 Å². The van der Waals surface area contributed by atoms with Crippen LogP contribution in [0, 0.1) is 11.6 Å². The van der Waals surface area contributed by atoms with Gasteiger partial charge in [0.25, 0.3) is 5.91 Å². The van der Waals surface area contributed by atoms with E-state index in [9.17, 15) is 13.6 Å². The molecule has 1 fully saturated rings. The Kier molecular flexibility index (Phi) is 6.18. The second-order valence-electron chi connectivity index (χ2n) is 6.89. The Balaban J connectivity index is 1.63. The van der Waals surface area contributed by atoms with Gasteiger partial charge in [-0.1, -0.05) is 5.16 Å². The van der Waals surface area contributed by atoms with Crippen molar-refractivity contribution in [3.63, 3.8) is 0 Å². The first-order chi connectivity index (χ1) is 12.9. The monoisotopic (exact) mass is 379 g/mol. The van der Waals surface area contributed by atoms with Crippen LogP contribution in [0.2, 0.25) is 0 Å². The molecule has 1 aromatic heterocycles. The van der Waals surface area contributed by atoms with Crippen LogP contribution in [0.1, 0.15) is 23.3 Å². The maximum atomic E-state index is 13.4. The molecule has 1 saturated heterocycles. The van der Waals surface area contributed by atoms with E-state index in [1.54, 1.807) is 4.90 Å². The lowest BCUT2D eigenvalue weighted by Gasteiger charge is -2.32. The third kappa shape index (κ3) is 4.90. The number of morpholine rings is 1. The fourth-order valence-electron chi connectivity index (χ4n) is 3.04. The SMILES string of the molecule is CN(C)CCCC1CN(C(=O)c2cc(-c3ccc(F)c(F)c3)on2)CCO1. The minimum absolute atomic E-state index is 0.000200. The molecular weight excluding hydrogens is 356 g/mol. The third-order valence-electron chi connectivity index (χ3n) is 4.49. The molecule has 6 nitrogen and oxygen atoms in total. The van der Waals surface area contributed by atoms with Gasteiger partial charge in [-0.15, -0.1) is 0 Å². The van der Waals surface area contributed by atoms with Crippen molar-refractivity contribution in [1.29, 1.82) is 0 Å². The first-order valence-electron chi connectivity index (χ1n) is 8.92. The van der Waals surface area contributed by atoms with Gasteiger partial charge in [-0.2, -0.15) is 0 Å². The van der Waals surface area contributed by atoms with Crippen molar-refractivity contribution >= 4 is 5.91 Å². The number of hydrogen-bond donors (Lipinski definition) is 0. The summed E-state index contributed by atoms with van der Waals surface area (Å²) in [5, 5.41) is 3.80. The zero-order chi connectivity index (χ0) is 19.4. The summed E-state index contributed by atoms with van der Waals surface area (Å²) in [4.78, 5) is 16.5. The summed E-state index contributed by atoms with van der Waals surface area (Å²) in [6.45, 7) is 2.43. The van der Waals surface area contributed by atoms with Crippen LogP contribution >= 0.6 is 0 Å². The van der Waals surface area contributed by atoms with Crippen molar-refractivity contribution in [2.24, 2.45) is 0 Å². The molecule has 1 unspecified atom stereocenters. The van der Waals surface area contributed by atoms with Gasteiger partial charge in [0.2, 0.25) is 0 Å². The van der Waals surface area contributed by atoms with E-state index in [0.29, 0.717) is 25.3 Å². The van der Waals surface area contributed by atoms with E-state index in [1.807, 2.05) is 14.1 Å². The van der Waals surface area contributed by atoms with Crippen LogP contribution in [-0.2, 0) is 4.74 Å². The first kappa shape index (κ1) is 19.4. The standard InChI is InChI=1S/C19H23F2N3O3/c1-23(2)7-3-4-14-12-24(8-9-26-14)19(25)17-11-18(27-22-17)13-5-6-15(20)16(21)10-13/h5-6,10-11,14H,3-4,7-9,12H2,1-2H3. The van der Waals surface area contributed by atoms with Crippen LogP contribution in [0.3, 0.4) is 0 Å². The molecule has 2 heterocycles. The molecule has 0 radical (unpaired) electrons. The molecule has 1 amide bonds. The van der Waals surface area contributed by atoms with Gasteiger partial charge in [0.05, 0.1) is 12.7 Å². The van der Waals surface area contributed by atoms with Gasteiger partial charge in [0, 0.05) is 24.7 Å². The Morgan fingerprint density at radius 1 is 1.30 bits per heavy atom. The molecule has 0 bridgehead atoms. The van der Waals surface area contributed by atoms with Crippen molar-refractivity contribution < 1.29 is 22.8 Å². The van der Waals surface area contributed by atoms with Crippen molar-refractivity contribution in [3.8, 4) is 11.3 Å². The van der Waals surface area contributed by atoms with Crippen molar-refractivity contribution in [2.45, 2.75) is 18.9 Å². The largest absolute Gasteiger partial charge is 0.375 e. The van der Waals surface area contributed by atoms with Crippen LogP contribution < -0.4 is 0 Å². The lowest BCUT2D eigenvalue weighted by molar-refractivity contribution is -0.0263. The number of ether oxygens (including phenoxy) is 1. The Morgan fingerprint density at radius 3 is 2.85 bits per heavy atom. The molecule has 2 aromatic rings. The van der Waals surface area contributed by atoms with Crippen LogP contribution in [0.25, 0.3) is 11.3 Å². The topological polar surface area (TPSA) is 58.8 Å². The normalized spacial score (nSPS) is 17.5. The molecule has 0 spiro atoms. The minimum atomic E-state index is -0.981. The predicted octanol–water partition coefficient (Wildman–Crippen LogP) is 2.80. The molecule has 1 aromatic carbocycles. The number of amides is 1. The van der Waals surface area contributed by atoms with E-state index < -0.39 is 11.6 Å². The zero-order valence-electron chi connectivity index (χ0n) is 15.5. The van der Waals surface area contributed by atoms with Crippen LogP contribution in [0.4, 0.5) is 8.78 Å². The molecule has 0 saturated carbocycles. The molecule has 27 heavy (non-hydrogen) atoms. The van der Waals surface area contributed by atoms with Gasteiger partial charge >= 0.3 is 0 Å². The number of carbonyl (C=O) groups excluding carboxylic acids is 1. The van der Waals surface area contributed by atoms with E-state index in [4.69, 9.17) is 9.26 Å². The molecule has 146 valence electrons. The average Bonchev–Trinajstić information content (AvgIpc) is 3.13. The fourth-order valence-corrected chi connectivity index (χ4v) is 3.04. The molecular formula is C19H23F2N3O3. The fraction of sp³-hybridized carbons (Fsp3) is 0.474. The van der Waals surface area contributed by atoms with Gasteiger partial charge in [-0.25, -0.2) is 8.78 Å². The van der Waals surface area contributed by atoms with E-state index in [0.717, 1.165) is 31.5 Å². The van der Waals surface area contributed by atoms with E-state index in [1.165, 1.54) is 12.1 Å². The van der Waals surface area contributed by atoms with Crippen LogP contribution in [-0.4, -0.2) is 67.3 Å². The number of benzene rings is 1. The Bertz CT molecular complexity index is 794. The highest BCUT2D eigenvalue weighted by Gasteiger charge is 2.27. The van der Waals surface area contributed by atoms with Crippen molar-refractivity contribution in [1.82, 2.24) is 15.0 Å². The molecule has 1 atom stereocenters. The quantitative estimate of drug-likeness (QED) is 0.773. The Labute approximate surface area is 156 Å². The zero-order valence-corrected chi connectivity index (χ0v) is 15.5. The summed E-state index contributed by atoms with van der Waals surface area (Å²) in [5.74, 6) is -1.96. The van der Waals surface area contributed by atoms with Gasteiger partial charge < -0.3 is 19.1 Å². The number of carbonyl (C=O) groups is 1. The highest BCUT2D eigenvalue weighted by atomic mass is 19.2. The summed E-state index contributed by atoms with van der Waals surface area (Å²) in [5.41, 5.74) is 0.465. The lowest BCUT2D eigenvalue weighted by atomic mass is 10.1. The highest BCUT2D eigenvalue weighted by molar-refractivity contribution is 5.93. The summed E-state index contributed by atoms with van der Waals surface area (Å²) in [7, 11) is 4.04.